The van der Waals surface area contributed by atoms with Crippen molar-refractivity contribution in [2.75, 3.05) is 5.75 Å². The van der Waals surface area contributed by atoms with E-state index in [1.165, 1.54) is 23.9 Å². The Hall–Kier alpha value is -1.62. The molecule has 0 aliphatic carbocycles. The van der Waals surface area contributed by atoms with Gasteiger partial charge in [-0.2, -0.15) is 0 Å². The quantitative estimate of drug-likeness (QED) is 0.852. The van der Waals surface area contributed by atoms with Crippen LogP contribution in [0.4, 0.5) is 4.39 Å². The Labute approximate surface area is 102 Å². The number of pyridine rings is 1. The first-order chi connectivity index (χ1) is 8.06. The van der Waals surface area contributed by atoms with Crippen LogP contribution in [0.3, 0.4) is 0 Å². The first-order valence-corrected chi connectivity index (χ1v) is 5.96. The summed E-state index contributed by atoms with van der Waals surface area (Å²) in [6, 6.07) is 6.10. The van der Waals surface area contributed by atoms with Gasteiger partial charge in [-0.25, -0.2) is 4.39 Å². The normalized spacial score (nSPS) is 10.7. The van der Waals surface area contributed by atoms with E-state index in [0.717, 1.165) is 10.6 Å². The third-order valence-electron chi connectivity index (χ3n) is 2.21. The molecule has 0 fully saturated rings. The molecule has 0 radical (unpaired) electrons. The molecule has 1 aromatic carbocycles. The van der Waals surface area contributed by atoms with Crippen LogP contribution in [-0.4, -0.2) is 21.8 Å². The number of halogens is 1. The molecule has 0 unspecified atom stereocenters. The van der Waals surface area contributed by atoms with Gasteiger partial charge < -0.3 is 5.11 Å². The number of carboxylic acids is 1. The van der Waals surface area contributed by atoms with E-state index in [-0.39, 0.29) is 11.6 Å². The predicted octanol–water partition coefficient (Wildman–Crippen LogP) is 2.86. The van der Waals surface area contributed by atoms with Crippen molar-refractivity contribution in [1.82, 2.24) is 4.98 Å². The summed E-state index contributed by atoms with van der Waals surface area (Å²) in [4.78, 5) is 15.6. The lowest BCUT2D eigenvalue weighted by atomic mass is 10.2. The van der Waals surface area contributed by atoms with Crippen LogP contribution in [0, 0.1) is 12.7 Å². The Bertz CT molecular complexity index is 586. The number of hydrogen-bond acceptors (Lipinski definition) is 3. The summed E-state index contributed by atoms with van der Waals surface area (Å²) < 4.78 is 13.2. The summed E-state index contributed by atoms with van der Waals surface area (Å²) in [6.45, 7) is 1.83. The fraction of sp³-hybridized carbons (Fsp3) is 0.167. The van der Waals surface area contributed by atoms with E-state index in [9.17, 15) is 9.18 Å². The third-order valence-corrected chi connectivity index (χ3v) is 3.25. The number of benzene rings is 1. The van der Waals surface area contributed by atoms with Crippen LogP contribution in [0.5, 0.6) is 0 Å². The molecule has 88 valence electrons. The zero-order valence-corrected chi connectivity index (χ0v) is 9.92. The van der Waals surface area contributed by atoms with Gasteiger partial charge >= 0.3 is 5.97 Å². The number of carboxylic acid groups (broad SMARTS) is 1. The van der Waals surface area contributed by atoms with Gasteiger partial charge in [-0.3, -0.25) is 9.78 Å². The molecule has 0 saturated heterocycles. The Kier molecular flexibility index (Phi) is 3.28. The minimum atomic E-state index is -0.894. The van der Waals surface area contributed by atoms with Crippen LogP contribution in [0.15, 0.2) is 29.2 Å². The Balaban J connectivity index is 2.51. The van der Waals surface area contributed by atoms with Crippen molar-refractivity contribution < 1.29 is 14.3 Å². The Morgan fingerprint density at radius 2 is 2.24 bits per heavy atom. The first kappa shape index (κ1) is 11.9. The van der Waals surface area contributed by atoms with Crippen LogP contribution in [0.2, 0.25) is 0 Å². The molecular weight excluding hydrogens is 241 g/mol. The highest BCUT2D eigenvalue weighted by Crippen LogP contribution is 2.28. The van der Waals surface area contributed by atoms with Crippen LogP contribution in [-0.2, 0) is 4.79 Å². The maximum atomic E-state index is 13.2. The monoisotopic (exact) mass is 251 g/mol. The zero-order chi connectivity index (χ0) is 12.4. The van der Waals surface area contributed by atoms with Crippen LogP contribution < -0.4 is 0 Å². The molecule has 0 amide bonds. The topological polar surface area (TPSA) is 50.2 Å². The number of thioether (sulfide) groups is 1. The highest BCUT2D eigenvalue weighted by atomic mass is 32.2. The second-order valence-electron chi connectivity index (χ2n) is 3.61. The number of aliphatic carboxylic acids is 1. The number of fused-ring (bicyclic) bond motifs is 1. The van der Waals surface area contributed by atoms with Crippen molar-refractivity contribution in [3.8, 4) is 0 Å². The zero-order valence-electron chi connectivity index (χ0n) is 9.11. The highest BCUT2D eigenvalue weighted by molar-refractivity contribution is 8.00. The van der Waals surface area contributed by atoms with Gasteiger partial charge in [-0.05, 0) is 31.2 Å². The highest BCUT2D eigenvalue weighted by Gasteiger charge is 2.07. The van der Waals surface area contributed by atoms with Crippen LogP contribution >= 0.6 is 11.8 Å². The van der Waals surface area contributed by atoms with E-state index >= 15 is 0 Å². The van der Waals surface area contributed by atoms with E-state index in [4.69, 9.17) is 5.11 Å². The average molecular weight is 251 g/mol. The summed E-state index contributed by atoms with van der Waals surface area (Å²) >= 11 is 1.17. The van der Waals surface area contributed by atoms with Gasteiger partial charge in [-0.1, -0.05) is 0 Å². The van der Waals surface area contributed by atoms with Crippen molar-refractivity contribution in [3.63, 3.8) is 0 Å². The molecule has 1 aromatic heterocycles. The maximum Gasteiger partial charge on any atom is 0.313 e. The molecule has 0 atom stereocenters. The van der Waals surface area contributed by atoms with Crippen molar-refractivity contribution in [3.05, 3.63) is 35.8 Å². The lowest BCUT2D eigenvalue weighted by Crippen LogP contribution is -1.98. The van der Waals surface area contributed by atoms with Gasteiger partial charge in [0.15, 0.2) is 0 Å². The second kappa shape index (κ2) is 4.71. The smallest absolute Gasteiger partial charge is 0.313 e. The minimum Gasteiger partial charge on any atom is -0.481 e. The molecule has 2 rings (SSSR count). The van der Waals surface area contributed by atoms with Crippen LogP contribution in [0.25, 0.3) is 10.9 Å². The van der Waals surface area contributed by atoms with Gasteiger partial charge in [0.1, 0.15) is 5.82 Å². The molecule has 0 aliphatic rings. The van der Waals surface area contributed by atoms with E-state index in [1.807, 2.05) is 6.92 Å². The van der Waals surface area contributed by atoms with Gasteiger partial charge in [0, 0.05) is 16.0 Å². The fourth-order valence-electron chi connectivity index (χ4n) is 1.55. The van der Waals surface area contributed by atoms with E-state index in [2.05, 4.69) is 4.98 Å². The van der Waals surface area contributed by atoms with Gasteiger partial charge in [0.25, 0.3) is 0 Å². The summed E-state index contributed by atoms with van der Waals surface area (Å²) in [5.41, 5.74) is 1.47. The van der Waals surface area contributed by atoms with Crippen LogP contribution in [0.1, 0.15) is 5.69 Å². The van der Waals surface area contributed by atoms with E-state index in [0.29, 0.717) is 10.9 Å². The molecule has 3 nitrogen and oxygen atoms in total. The fourth-order valence-corrected chi connectivity index (χ4v) is 2.40. The maximum absolute atomic E-state index is 13.2. The molecular formula is C12H10FNO2S. The van der Waals surface area contributed by atoms with Crippen molar-refractivity contribution in [1.29, 1.82) is 0 Å². The molecule has 0 saturated carbocycles. The van der Waals surface area contributed by atoms with Gasteiger partial charge in [0.05, 0.1) is 11.3 Å². The summed E-state index contributed by atoms with van der Waals surface area (Å²) in [5.74, 6) is -1.29. The molecule has 1 N–H and O–H groups in total. The first-order valence-electron chi connectivity index (χ1n) is 4.98. The summed E-state index contributed by atoms with van der Waals surface area (Å²) in [6.07, 6.45) is 0. The number of aromatic nitrogens is 1. The Morgan fingerprint density at radius 3 is 2.94 bits per heavy atom. The van der Waals surface area contributed by atoms with Crippen molar-refractivity contribution in [2.24, 2.45) is 0 Å². The summed E-state index contributed by atoms with van der Waals surface area (Å²) in [5, 5.41) is 9.31. The number of nitrogens with zero attached hydrogens (tertiary/aromatic N) is 1. The number of aryl methyl sites for hydroxylation is 1. The minimum absolute atomic E-state index is 0.0466. The molecule has 0 spiro atoms. The molecule has 1 heterocycles. The number of hydrogen-bond donors (Lipinski definition) is 1. The van der Waals surface area contributed by atoms with Gasteiger partial charge in [-0.15, -0.1) is 11.8 Å². The second-order valence-corrected chi connectivity index (χ2v) is 4.62. The Morgan fingerprint density at radius 1 is 1.47 bits per heavy atom. The molecule has 0 aliphatic heterocycles. The molecule has 2 aromatic rings. The lowest BCUT2D eigenvalue weighted by molar-refractivity contribution is -0.133. The van der Waals surface area contributed by atoms with Crippen molar-refractivity contribution >= 4 is 28.6 Å². The number of rotatable bonds is 3. The third kappa shape index (κ3) is 2.74. The largest absolute Gasteiger partial charge is 0.481 e. The predicted molar refractivity (Wildman–Crippen MR) is 64.8 cm³/mol. The average Bonchev–Trinajstić information content (AvgIpc) is 2.26. The molecule has 5 heteroatoms. The number of carbonyl (C=O) groups is 1. The summed E-state index contributed by atoms with van der Waals surface area (Å²) in [7, 11) is 0. The standard InChI is InChI=1S/C12H10FNO2S/c1-7-4-11(17-6-12(15)16)9-5-8(13)2-3-10(9)14-7/h2-5H,6H2,1H3,(H,15,16). The molecule has 0 bridgehead atoms. The van der Waals surface area contributed by atoms with E-state index < -0.39 is 5.97 Å². The molecule has 17 heavy (non-hydrogen) atoms. The van der Waals surface area contributed by atoms with Gasteiger partial charge in [0.2, 0.25) is 0 Å². The lowest BCUT2D eigenvalue weighted by Gasteiger charge is -2.06. The van der Waals surface area contributed by atoms with Crippen molar-refractivity contribution in [2.45, 2.75) is 11.8 Å². The SMILES string of the molecule is Cc1cc(SCC(=O)O)c2cc(F)ccc2n1. The van der Waals surface area contributed by atoms with E-state index in [1.54, 1.807) is 12.1 Å².